The third-order valence-electron chi connectivity index (χ3n) is 5.24. The van der Waals surface area contributed by atoms with Gasteiger partial charge in [-0.2, -0.15) is 30.2 Å². The van der Waals surface area contributed by atoms with E-state index in [1.54, 1.807) is 0 Å². The second-order valence-corrected chi connectivity index (χ2v) is 13.3. The van der Waals surface area contributed by atoms with E-state index in [0.29, 0.717) is 12.1 Å². The van der Waals surface area contributed by atoms with E-state index in [1.807, 2.05) is 0 Å². The molecule has 46 heavy (non-hydrogen) atoms. The summed E-state index contributed by atoms with van der Waals surface area (Å²) in [5, 5.41) is 28.9. The van der Waals surface area contributed by atoms with E-state index in [-0.39, 0.29) is 122 Å². The number of hydrogen-bond acceptors (Lipinski definition) is 13. The van der Waals surface area contributed by atoms with E-state index in [0.717, 1.165) is 24.3 Å². The van der Waals surface area contributed by atoms with Gasteiger partial charge in [0.15, 0.2) is 16.7 Å². The van der Waals surface area contributed by atoms with Crippen LogP contribution in [0.25, 0.3) is 10.8 Å². The van der Waals surface area contributed by atoms with Gasteiger partial charge < -0.3 is 15.5 Å². The van der Waals surface area contributed by atoms with Crippen molar-refractivity contribution in [3.63, 3.8) is 0 Å². The van der Waals surface area contributed by atoms with Crippen LogP contribution in [-0.2, 0) is 47.4 Å². The number of phenolic OH excluding ortho intramolecular Hbond substituents is 2. The standard InChI is InChI=1S/C20H12Cl3N5O11S3.Cu.3Na/c21-15-18(22)25-20(23)26-19(15)24-11-6-9(41(34,35)36)3-7-4-13(42(37,38)39)16(17(30)14(7)11)28-27-10-5-8(40(31,32)33)1-2-12(10)29;;;;/h1-6,29-30H,(H,24,25,26)(H,31,32,33)(H,34,35,36)(H,37,38,39);;;;/q;;3*+1. The van der Waals surface area contributed by atoms with E-state index >= 15 is 0 Å². The van der Waals surface area contributed by atoms with Crippen LogP contribution in [0.1, 0.15) is 0 Å². The number of fused-ring (bicyclic) bond motifs is 1. The Morgan fingerprint density at radius 1 is 0.739 bits per heavy atom. The Balaban J connectivity index is 0.00000506. The fraction of sp³-hybridized carbons (Fsp3) is 0. The van der Waals surface area contributed by atoms with E-state index < -0.39 is 89.7 Å². The van der Waals surface area contributed by atoms with Crippen LogP contribution < -0.4 is 94.0 Å². The normalized spacial score (nSPS) is 11.6. The molecule has 4 rings (SSSR count). The average molecular weight is 833 g/mol. The smallest absolute Gasteiger partial charge is 0.506 e. The van der Waals surface area contributed by atoms with Gasteiger partial charge >= 0.3 is 88.7 Å². The van der Waals surface area contributed by atoms with Gasteiger partial charge in [0.1, 0.15) is 27.0 Å². The summed E-state index contributed by atoms with van der Waals surface area (Å²) in [6.45, 7) is 0. The number of halogens is 3. The number of nitrogens with one attached hydrogen (secondary N) is 1. The molecule has 26 heteroatoms. The number of nitrogens with zero attached hydrogens (tertiary/aromatic N) is 4. The first-order valence-electron chi connectivity index (χ1n) is 10.4. The fourth-order valence-corrected chi connectivity index (χ4v) is 5.67. The summed E-state index contributed by atoms with van der Waals surface area (Å²) in [5.41, 5.74) is -2.00. The summed E-state index contributed by atoms with van der Waals surface area (Å²) in [6.07, 6.45) is 0. The van der Waals surface area contributed by atoms with E-state index in [4.69, 9.17) is 34.8 Å². The third-order valence-corrected chi connectivity index (χ3v) is 8.68. The maximum absolute atomic E-state index is 12.2. The number of rotatable bonds is 7. The van der Waals surface area contributed by atoms with Crippen molar-refractivity contribution in [2.75, 3.05) is 5.32 Å². The summed E-state index contributed by atoms with van der Waals surface area (Å²) >= 11 is 17.8. The summed E-state index contributed by atoms with van der Waals surface area (Å²) in [4.78, 5) is 4.74. The number of phenols is 2. The van der Waals surface area contributed by atoms with Gasteiger partial charge in [0.25, 0.3) is 30.4 Å². The Kier molecular flexibility index (Phi) is 17.4. The molecular formula is C20H12Cl3CuN5Na3O11S3+3. The van der Waals surface area contributed by atoms with Crippen LogP contribution in [0.15, 0.2) is 61.3 Å². The molecule has 4 aromatic rings. The molecule has 1 heterocycles. The molecule has 0 saturated heterocycles. The first kappa shape index (κ1) is 46.1. The number of anilines is 2. The predicted molar refractivity (Wildman–Crippen MR) is 148 cm³/mol. The van der Waals surface area contributed by atoms with Gasteiger partial charge in [0.05, 0.1) is 15.5 Å². The van der Waals surface area contributed by atoms with Crippen LogP contribution in [0.2, 0.25) is 15.5 Å². The van der Waals surface area contributed by atoms with Gasteiger partial charge in [-0.05, 0) is 53.4 Å². The SMILES string of the molecule is O=S(=O)(O)c1ccc(O)c(N=Nc2c(S(=O)(=O)O)cc3cc(S(=O)(=O)O)cc(Nc4nc(Cl)nc(Cl)c4Cl)c3c2O)c1.[Cu].[Na+].[Na+].[Na+]. The number of aromatic hydroxyl groups is 2. The Morgan fingerprint density at radius 3 is 1.87 bits per heavy atom. The molecule has 0 fully saturated rings. The zero-order valence-electron chi connectivity index (χ0n) is 23.1. The van der Waals surface area contributed by atoms with Crippen molar-refractivity contribution in [2.45, 2.75) is 14.7 Å². The molecule has 0 unspecified atom stereocenters. The van der Waals surface area contributed by atoms with Gasteiger partial charge in [-0.3, -0.25) is 13.7 Å². The van der Waals surface area contributed by atoms with Crippen LogP contribution in [0.4, 0.5) is 22.9 Å². The second-order valence-electron chi connectivity index (χ2n) is 7.99. The van der Waals surface area contributed by atoms with Crippen molar-refractivity contribution in [2.24, 2.45) is 10.2 Å². The maximum Gasteiger partial charge on any atom is 1.00 e. The molecule has 16 nitrogen and oxygen atoms in total. The first-order valence-corrected chi connectivity index (χ1v) is 15.9. The van der Waals surface area contributed by atoms with Crippen molar-refractivity contribution in [1.82, 2.24) is 9.97 Å². The molecule has 0 spiro atoms. The van der Waals surface area contributed by atoms with E-state index in [9.17, 15) is 49.1 Å². The number of azo groups is 1. The number of benzene rings is 3. The molecule has 0 atom stereocenters. The molecule has 1 aromatic heterocycles. The molecule has 233 valence electrons. The van der Waals surface area contributed by atoms with Crippen molar-refractivity contribution in [3.8, 4) is 11.5 Å². The van der Waals surface area contributed by atoms with Gasteiger partial charge in [0.2, 0.25) is 5.28 Å². The topological polar surface area (TPSA) is 266 Å². The maximum atomic E-state index is 12.2. The summed E-state index contributed by atoms with van der Waals surface area (Å²) in [5.74, 6) is -2.09. The second kappa shape index (κ2) is 17.4. The van der Waals surface area contributed by atoms with Gasteiger partial charge in [-0.15, -0.1) is 10.2 Å². The first-order chi connectivity index (χ1) is 19.3. The largest absolute Gasteiger partial charge is 1.00 e. The van der Waals surface area contributed by atoms with Crippen LogP contribution in [0.3, 0.4) is 0 Å². The van der Waals surface area contributed by atoms with Crippen molar-refractivity contribution in [1.29, 1.82) is 0 Å². The molecular weight excluding hydrogens is 821 g/mol. The minimum atomic E-state index is -5.25. The quantitative estimate of drug-likeness (QED) is 0.0340. The van der Waals surface area contributed by atoms with E-state index in [1.165, 1.54) is 0 Å². The zero-order chi connectivity index (χ0) is 31.4. The average Bonchev–Trinajstić information content (AvgIpc) is 2.85. The van der Waals surface area contributed by atoms with E-state index in [2.05, 4.69) is 25.5 Å². The Labute approximate surface area is 352 Å². The van der Waals surface area contributed by atoms with Crippen molar-refractivity contribution >= 4 is 98.8 Å². The van der Waals surface area contributed by atoms with Gasteiger partial charge in [-0.1, -0.05) is 23.2 Å². The molecule has 0 aliphatic carbocycles. The molecule has 0 saturated carbocycles. The Bertz CT molecular complexity index is 2180. The summed E-state index contributed by atoms with van der Waals surface area (Å²) < 4.78 is 100. The van der Waals surface area contributed by atoms with Gasteiger partial charge in [-0.25, -0.2) is 4.98 Å². The van der Waals surface area contributed by atoms with Crippen molar-refractivity contribution in [3.05, 3.63) is 51.9 Å². The monoisotopic (exact) mass is 831 g/mol. The molecule has 0 bridgehead atoms. The van der Waals surface area contributed by atoms with Crippen LogP contribution in [-0.4, -0.2) is 59.1 Å². The number of aromatic nitrogens is 2. The minimum Gasteiger partial charge on any atom is -0.506 e. The molecule has 0 aliphatic rings. The zero-order valence-corrected chi connectivity index (χ0v) is 34.8. The van der Waals surface area contributed by atoms with Crippen LogP contribution >= 0.6 is 34.8 Å². The molecule has 6 N–H and O–H groups in total. The molecule has 0 aliphatic heterocycles. The molecule has 3 aromatic carbocycles. The Hall–Kier alpha value is 0.119. The fourth-order valence-electron chi connectivity index (χ4n) is 3.45. The van der Waals surface area contributed by atoms with Gasteiger partial charge in [0, 0.05) is 22.5 Å². The van der Waals surface area contributed by atoms with Crippen LogP contribution in [0.5, 0.6) is 11.5 Å². The van der Waals surface area contributed by atoms with Crippen molar-refractivity contribution < 1.29 is 155 Å². The number of hydrogen-bond donors (Lipinski definition) is 6. The third kappa shape index (κ3) is 10.6. The molecule has 1 radical (unpaired) electrons. The summed E-state index contributed by atoms with van der Waals surface area (Å²) in [7, 11) is -15.0. The summed E-state index contributed by atoms with van der Waals surface area (Å²) in [6, 6.07) is 4.50. The Morgan fingerprint density at radius 2 is 1.33 bits per heavy atom. The molecule has 0 amide bonds. The minimum absolute atomic E-state index is 0. The predicted octanol–water partition coefficient (Wildman–Crippen LogP) is -4.09. The van der Waals surface area contributed by atoms with Crippen LogP contribution in [0, 0.1) is 0 Å².